The van der Waals surface area contributed by atoms with Crippen LogP contribution >= 0.6 is 0 Å². The summed E-state index contributed by atoms with van der Waals surface area (Å²) in [5.41, 5.74) is -0.137. The van der Waals surface area contributed by atoms with E-state index in [2.05, 4.69) is 10.0 Å². The van der Waals surface area contributed by atoms with Crippen LogP contribution in [0.1, 0.15) is 10.4 Å². The van der Waals surface area contributed by atoms with E-state index in [-0.39, 0.29) is 16.9 Å². The lowest BCUT2D eigenvalue weighted by atomic mass is 10.1. The summed E-state index contributed by atoms with van der Waals surface area (Å²) in [6.45, 7) is 0. The first-order valence-electron chi connectivity index (χ1n) is 6.09. The van der Waals surface area contributed by atoms with Crippen molar-refractivity contribution in [3.05, 3.63) is 59.7 Å². The molecule has 0 aromatic heterocycles. The number of rotatable bonds is 4. The third-order valence-electron chi connectivity index (χ3n) is 2.65. The molecule has 0 atom stereocenters. The summed E-state index contributed by atoms with van der Waals surface area (Å²) in [6, 6.07) is 8.57. The Hall–Kier alpha value is -2.48. The molecule has 1 amide bonds. The number of benzene rings is 2. The van der Waals surface area contributed by atoms with Crippen molar-refractivity contribution in [2.45, 2.75) is 0 Å². The molecule has 0 unspecified atom stereocenters. The van der Waals surface area contributed by atoms with Gasteiger partial charge < -0.3 is 5.32 Å². The number of hydrogen-bond donors (Lipinski definition) is 2. The number of hydrogen-bond acceptors (Lipinski definition) is 3. The van der Waals surface area contributed by atoms with Gasteiger partial charge in [-0.25, -0.2) is 17.2 Å². The van der Waals surface area contributed by atoms with Crippen molar-refractivity contribution in [1.29, 1.82) is 0 Å². The normalized spacial score (nSPS) is 11.0. The molecule has 0 heterocycles. The Labute approximate surface area is 126 Å². The highest BCUT2D eigenvalue weighted by Crippen LogP contribution is 2.20. The van der Waals surface area contributed by atoms with Gasteiger partial charge in [0.15, 0.2) is 0 Å². The minimum absolute atomic E-state index is 0.0108. The van der Waals surface area contributed by atoms with Crippen molar-refractivity contribution in [2.75, 3.05) is 16.3 Å². The van der Waals surface area contributed by atoms with Crippen molar-refractivity contribution in [3.63, 3.8) is 0 Å². The van der Waals surface area contributed by atoms with E-state index in [4.69, 9.17) is 0 Å². The summed E-state index contributed by atoms with van der Waals surface area (Å²) in [6.07, 6.45) is 0.946. The number of carbonyl (C=O) groups excluding carboxylic acids is 1. The van der Waals surface area contributed by atoms with Crippen molar-refractivity contribution >= 4 is 27.3 Å². The highest BCUT2D eigenvalue weighted by molar-refractivity contribution is 7.92. The molecule has 116 valence electrons. The van der Waals surface area contributed by atoms with E-state index in [9.17, 15) is 22.0 Å². The van der Waals surface area contributed by atoms with Crippen LogP contribution in [0, 0.1) is 11.6 Å². The molecule has 0 bridgehead atoms. The second kappa shape index (κ2) is 6.10. The predicted octanol–water partition coefficient (Wildman–Crippen LogP) is 2.59. The van der Waals surface area contributed by atoms with Crippen molar-refractivity contribution in [2.24, 2.45) is 0 Å². The van der Waals surface area contributed by atoms with Gasteiger partial charge in [0.05, 0.1) is 23.2 Å². The molecule has 0 saturated carbocycles. The molecule has 0 aliphatic rings. The summed E-state index contributed by atoms with van der Waals surface area (Å²) >= 11 is 0. The van der Waals surface area contributed by atoms with Crippen molar-refractivity contribution in [3.8, 4) is 0 Å². The van der Waals surface area contributed by atoms with Gasteiger partial charge in [-0.05, 0) is 24.3 Å². The molecule has 22 heavy (non-hydrogen) atoms. The molecular formula is C14H12F2N2O3S. The highest BCUT2D eigenvalue weighted by Gasteiger charge is 2.15. The molecule has 0 aliphatic heterocycles. The number of carbonyl (C=O) groups is 1. The van der Waals surface area contributed by atoms with Crippen LogP contribution in [0.4, 0.5) is 20.2 Å². The third-order valence-corrected chi connectivity index (χ3v) is 3.24. The largest absolute Gasteiger partial charge is 0.319 e. The lowest BCUT2D eigenvalue weighted by molar-refractivity contribution is 0.102. The van der Waals surface area contributed by atoms with Crippen LogP contribution in [0.2, 0.25) is 0 Å². The average Bonchev–Trinajstić information content (AvgIpc) is 2.40. The molecule has 2 rings (SSSR count). The fraction of sp³-hybridized carbons (Fsp3) is 0.0714. The number of amides is 1. The molecule has 2 N–H and O–H groups in total. The minimum atomic E-state index is -3.57. The first kappa shape index (κ1) is 15.9. The Morgan fingerprint density at radius 1 is 1.05 bits per heavy atom. The molecule has 0 spiro atoms. The minimum Gasteiger partial charge on any atom is -0.319 e. The summed E-state index contributed by atoms with van der Waals surface area (Å²) in [5.74, 6) is -2.42. The van der Waals surface area contributed by atoms with Crippen LogP contribution in [0.3, 0.4) is 0 Å². The zero-order valence-corrected chi connectivity index (χ0v) is 12.2. The first-order valence-corrected chi connectivity index (χ1v) is 7.98. The van der Waals surface area contributed by atoms with Crippen molar-refractivity contribution in [1.82, 2.24) is 0 Å². The Morgan fingerprint density at radius 3 is 2.36 bits per heavy atom. The zero-order chi connectivity index (χ0) is 16.3. The maximum Gasteiger partial charge on any atom is 0.257 e. The van der Waals surface area contributed by atoms with Gasteiger partial charge in [0, 0.05) is 6.07 Å². The Balaban J connectivity index is 2.30. The topological polar surface area (TPSA) is 75.3 Å². The van der Waals surface area contributed by atoms with E-state index in [1.807, 2.05) is 0 Å². The molecule has 0 fully saturated rings. The van der Waals surface area contributed by atoms with Crippen molar-refractivity contribution < 1.29 is 22.0 Å². The second-order valence-electron chi connectivity index (χ2n) is 4.50. The van der Waals surface area contributed by atoms with Gasteiger partial charge in [0.1, 0.15) is 11.6 Å². The van der Waals surface area contributed by atoms with Gasteiger partial charge in [-0.3, -0.25) is 9.52 Å². The third kappa shape index (κ3) is 4.01. The van der Waals surface area contributed by atoms with Gasteiger partial charge in [-0.2, -0.15) is 0 Å². The Morgan fingerprint density at radius 2 is 1.73 bits per heavy atom. The number of anilines is 2. The van der Waals surface area contributed by atoms with E-state index in [0.29, 0.717) is 6.07 Å². The fourth-order valence-corrected chi connectivity index (χ4v) is 2.33. The molecule has 8 heteroatoms. The van der Waals surface area contributed by atoms with Crippen LogP contribution in [0.15, 0.2) is 42.5 Å². The molecule has 2 aromatic rings. The number of halogens is 2. The monoisotopic (exact) mass is 326 g/mol. The summed E-state index contributed by atoms with van der Waals surface area (Å²) in [5, 5.41) is 2.26. The molecule has 0 radical (unpaired) electrons. The number of sulfonamides is 1. The quantitative estimate of drug-likeness (QED) is 0.907. The number of nitrogens with one attached hydrogen (secondary N) is 2. The van der Waals surface area contributed by atoms with Crippen LogP contribution in [-0.4, -0.2) is 20.6 Å². The Kier molecular flexibility index (Phi) is 4.41. The highest BCUT2D eigenvalue weighted by atomic mass is 32.2. The van der Waals surface area contributed by atoms with Gasteiger partial charge in [0.2, 0.25) is 10.0 Å². The smallest absolute Gasteiger partial charge is 0.257 e. The molecular weight excluding hydrogens is 314 g/mol. The van der Waals surface area contributed by atoms with E-state index in [1.54, 1.807) is 6.07 Å². The second-order valence-corrected chi connectivity index (χ2v) is 6.25. The standard InChI is InChI=1S/C14H12F2N2O3S/c1-22(20,21)18-12-5-3-2-4-10(12)14(19)17-13-7-6-9(15)8-11(13)16/h2-8,18H,1H3,(H,17,19). The SMILES string of the molecule is CS(=O)(=O)Nc1ccccc1C(=O)Nc1ccc(F)cc1F. The van der Waals surface area contributed by atoms with Gasteiger partial charge >= 0.3 is 0 Å². The first-order chi connectivity index (χ1) is 10.3. The summed E-state index contributed by atoms with van der Waals surface area (Å²) in [4.78, 5) is 12.2. The van der Waals surface area contributed by atoms with Crippen LogP contribution in [0.25, 0.3) is 0 Å². The van der Waals surface area contributed by atoms with E-state index < -0.39 is 27.6 Å². The van der Waals surface area contributed by atoms with Gasteiger partial charge in [-0.1, -0.05) is 12.1 Å². The predicted molar refractivity (Wildman–Crippen MR) is 79.2 cm³/mol. The van der Waals surface area contributed by atoms with E-state index in [0.717, 1.165) is 18.4 Å². The Bertz CT molecular complexity index is 823. The average molecular weight is 326 g/mol. The van der Waals surface area contributed by atoms with E-state index in [1.165, 1.54) is 18.2 Å². The van der Waals surface area contributed by atoms with Gasteiger partial charge in [0.25, 0.3) is 5.91 Å². The molecule has 0 saturated heterocycles. The zero-order valence-electron chi connectivity index (χ0n) is 11.4. The van der Waals surface area contributed by atoms with Crippen LogP contribution in [0.5, 0.6) is 0 Å². The van der Waals surface area contributed by atoms with Crippen LogP contribution in [-0.2, 0) is 10.0 Å². The summed E-state index contributed by atoms with van der Waals surface area (Å²) in [7, 11) is -3.57. The van der Waals surface area contributed by atoms with E-state index >= 15 is 0 Å². The lowest BCUT2D eigenvalue weighted by Gasteiger charge is -2.11. The molecule has 2 aromatic carbocycles. The lowest BCUT2D eigenvalue weighted by Crippen LogP contribution is -2.18. The maximum atomic E-state index is 13.5. The molecule has 5 nitrogen and oxygen atoms in total. The summed E-state index contributed by atoms with van der Waals surface area (Å²) < 4.78 is 51.1. The fourth-order valence-electron chi connectivity index (χ4n) is 1.75. The maximum absolute atomic E-state index is 13.5. The van der Waals surface area contributed by atoms with Gasteiger partial charge in [-0.15, -0.1) is 0 Å². The molecule has 0 aliphatic carbocycles. The van der Waals surface area contributed by atoms with Crippen LogP contribution < -0.4 is 10.0 Å². The number of para-hydroxylation sites is 1.